The van der Waals surface area contributed by atoms with Crippen molar-refractivity contribution in [3.05, 3.63) is 96.2 Å². The van der Waals surface area contributed by atoms with Gasteiger partial charge in [-0.1, -0.05) is 24.3 Å². The average molecular weight is 628 g/mol. The van der Waals surface area contributed by atoms with Crippen LogP contribution >= 0.6 is 0 Å². The first kappa shape index (κ1) is 29.4. The maximum Gasteiger partial charge on any atom is 0.254 e. The topological polar surface area (TPSA) is 152 Å². The molecule has 0 bridgehead atoms. The summed E-state index contributed by atoms with van der Waals surface area (Å²) in [5.74, 6) is 2.84. The third-order valence-electron chi connectivity index (χ3n) is 7.40. The van der Waals surface area contributed by atoms with Crippen LogP contribution in [0.25, 0.3) is 5.88 Å². The molecular weight excluding hydrogens is 594 g/mol. The van der Waals surface area contributed by atoms with Crippen molar-refractivity contribution in [2.45, 2.75) is 52.0 Å². The van der Waals surface area contributed by atoms with Crippen molar-refractivity contribution >= 4 is 12.2 Å². The molecule has 2 aromatic carbocycles. The van der Waals surface area contributed by atoms with Crippen molar-refractivity contribution in [1.29, 1.82) is 0 Å². The summed E-state index contributed by atoms with van der Waals surface area (Å²) in [6, 6.07) is 15.7. The minimum Gasteiger partial charge on any atom is -0.497 e. The van der Waals surface area contributed by atoms with Gasteiger partial charge in [-0.15, -0.1) is 0 Å². The number of rotatable bonds is 12. The molecule has 0 amide bonds. The molecule has 2 aliphatic rings. The number of hydrogen-bond acceptors (Lipinski definition) is 12. The number of ether oxygens (including phenoxy) is 5. The van der Waals surface area contributed by atoms with Crippen LogP contribution in [0.4, 0.5) is 5.82 Å². The fraction of sp³-hybridized carbons (Fsp3) is 0.281. The lowest BCUT2D eigenvalue weighted by atomic mass is 10.2. The Balaban J connectivity index is 1.02. The first-order valence-corrected chi connectivity index (χ1v) is 14.6. The molecule has 0 spiro atoms. The van der Waals surface area contributed by atoms with Crippen LogP contribution in [0.1, 0.15) is 49.0 Å². The van der Waals surface area contributed by atoms with E-state index in [1.807, 2.05) is 48.5 Å². The van der Waals surface area contributed by atoms with Crippen LogP contribution in [0.5, 0.6) is 23.0 Å². The van der Waals surface area contributed by atoms with Crippen molar-refractivity contribution in [2.24, 2.45) is 4.99 Å². The molecule has 14 heteroatoms. The van der Waals surface area contributed by atoms with E-state index in [1.165, 1.54) is 10.9 Å². The molecule has 46 heavy (non-hydrogen) atoms. The molecule has 0 saturated carbocycles. The Morgan fingerprint density at radius 1 is 1.00 bits per heavy atom. The van der Waals surface area contributed by atoms with Gasteiger partial charge in [-0.2, -0.15) is 0 Å². The quantitative estimate of drug-likeness (QED) is 0.166. The summed E-state index contributed by atoms with van der Waals surface area (Å²) in [5, 5.41) is 17.0. The predicted octanol–water partition coefficient (Wildman–Crippen LogP) is 4.66. The molecule has 2 aliphatic heterocycles. The average Bonchev–Trinajstić information content (AvgIpc) is 3.87. The second-order valence-corrected chi connectivity index (χ2v) is 11.1. The lowest BCUT2D eigenvalue weighted by molar-refractivity contribution is -0.164. The predicted molar refractivity (Wildman–Crippen MR) is 165 cm³/mol. The number of aliphatic imine (C=N–C) groups is 1. The van der Waals surface area contributed by atoms with E-state index in [2.05, 4.69) is 25.6 Å². The van der Waals surface area contributed by atoms with Crippen LogP contribution in [-0.2, 0) is 24.5 Å². The van der Waals surface area contributed by atoms with E-state index >= 15 is 0 Å². The number of hydrogen-bond donors (Lipinski definition) is 3. The molecule has 0 radical (unpaired) electrons. The van der Waals surface area contributed by atoms with Crippen molar-refractivity contribution in [1.82, 2.24) is 24.4 Å². The monoisotopic (exact) mass is 627 g/mol. The molecule has 14 nitrogen and oxygen atoms in total. The number of nitrogens with zero attached hydrogens (tertiary/aromatic N) is 5. The zero-order valence-electron chi connectivity index (χ0n) is 25.4. The van der Waals surface area contributed by atoms with Gasteiger partial charge >= 0.3 is 0 Å². The smallest absolute Gasteiger partial charge is 0.254 e. The summed E-state index contributed by atoms with van der Waals surface area (Å²) >= 11 is 0. The molecular formula is C32H33N7O7. The molecule has 3 aromatic heterocycles. The number of anilines is 1. The number of aliphatic hydroxyl groups is 1. The second kappa shape index (κ2) is 12.2. The first-order valence-electron chi connectivity index (χ1n) is 14.6. The highest BCUT2D eigenvalue weighted by atomic mass is 16.7. The lowest BCUT2D eigenvalue weighted by Gasteiger charge is -2.20. The summed E-state index contributed by atoms with van der Waals surface area (Å²) in [6.45, 7) is 4.54. The number of aromatic nitrogens is 4. The van der Waals surface area contributed by atoms with Crippen LogP contribution < -0.4 is 29.6 Å². The zero-order valence-corrected chi connectivity index (χ0v) is 25.4. The van der Waals surface area contributed by atoms with Crippen molar-refractivity contribution in [3.8, 4) is 28.9 Å². The highest BCUT2D eigenvalue weighted by Gasteiger charge is 2.41. The molecule has 5 heterocycles. The van der Waals surface area contributed by atoms with E-state index in [4.69, 9.17) is 28.1 Å². The fourth-order valence-electron chi connectivity index (χ4n) is 5.09. The number of aliphatic hydroxyl groups excluding tert-OH is 1. The van der Waals surface area contributed by atoms with Crippen LogP contribution in [0.3, 0.4) is 0 Å². The van der Waals surface area contributed by atoms with Crippen LogP contribution in [0, 0.1) is 0 Å². The van der Waals surface area contributed by atoms with Gasteiger partial charge in [-0.3, -0.25) is 14.5 Å². The minimum atomic E-state index is -1.25. The van der Waals surface area contributed by atoms with Crippen LogP contribution in [-0.4, -0.2) is 43.4 Å². The van der Waals surface area contributed by atoms with Gasteiger partial charge in [0.25, 0.3) is 5.88 Å². The third kappa shape index (κ3) is 6.00. The summed E-state index contributed by atoms with van der Waals surface area (Å²) in [6.07, 6.45) is 6.18. The molecule has 0 fully saturated rings. The summed E-state index contributed by atoms with van der Waals surface area (Å²) in [4.78, 5) is 13.1. The number of imidazole rings is 2. The summed E-state index contributed by atoms with van der Waals surface area (Å²) in [7, 11) is 1.65. The molecule has 0 aliphatic carbocycles. The minimum absolute atomic E-state index is 0.0810. The Labute approximate surface area is 264 Å². The highest BCUT2D eigenvalue weighted by Crippen LogP contribution is 2.49. The zero-order chi connectivity index (χ0) is 31.7. The van der Waals surface area contributed by atoms with E-state index in [0.717, 1.165) is 22.6 Å². The Hall–Kier alpha value is -5.31. The Bertz CT molecular complexity index is 1810. The van der Waals surface area contributed by atoms with Crippen molar-refractivity contribution in [2.75, 3.05) is 12.4 Å². The van der Waals surface area contributed by atoms with Gasteiger partial charge in [0.15, 0.2) is 5.76 Å². The van der Waals surface area contributed by atoms with Gasteiger partial charge < -0.3 is 38.5 Å². The molecule has 3 N–H and O–H groups in total. The third-order valence-corrected chi connectivity index (χ3v) is 7.40. The van der Waals surface area contributed by atoms with Gasteiger partial charge in [0.1, 0.15) is 48.7 Å². The van der Waals surface area contributed by atoms with Crippen LogP contribution in [0.15, 0.2) is 83.0 Å². The van der Waals surface area contributed by atoms with Gasteiger partial charge in [-0.25, -0.2) is 15.0 Å². The number of benzene rings is 2. The lowest BCUT2D eigenvalue weighted by Crippen LogP contribution is -2.30. The van der Waals surface area contributed by atoms with Gasteiger partial charge in [-0.05, 0) is 35.4 Å². The van der Waals surface area contributed by atoms with Crippen molar-refractivity contribution in [3.63, 3.8) is 0 Å². The van der Waals surface area contributed by atoms with E-state index in [-0.39, 0.29) is 6.61 Å². The number of furan rings is 1. The number of fused-ring (bicyclic) bond motifs is 2. The maximum absolute atomic E-state index is 10.4. The molecule has 0 saturated heterocycles. The molecule has 2 unspecified atom stereocenters. The fourth-order valence-corrected chi connectivity index (χ4v) is 5.09. The standard InChI is InChI=1S/C32H33N7O7/c1-32(2)45-26-24(16-43-31(40)38-13-12-33-18-38)44-30(27(26)46-32)39-19-37-25-28(35-17-36-29(25)39)34-14-20-4-10-23(11-5-20)42-15-21-6-8-22(41-3)9-7-21/h4-13,17-19,28,31,34,40H,14-16H2,1-3H3,(H,35,36). The van der Waals surface area contributed by atoms with Crippen LogP contribution in [0.2, 0.25) is 0 Å². The van der Waals surface area contributed by atoms with E-state index in [9.17, 15) is 5.11 Å². The molecule has 5 aromatic rings. The summed E-state index contributed by atoms with van der Waals surface area (Å²) < 4.78 is 38.2. The van der Waals surface area contributed by atoms with Crippen molar-refractivity contribution < 1.29 is 33.2 Å². The normalized spacial score (nSPS) is 16.6. The Morgan fingerprint density at radius 2 is 1.76 bits per heavy atom. The second-order valence-electron chi connectivity index (χ2n) is 11.1. The highest BCUT2D eigenvalue weighted by molar-refractivity contribution is 5.79. The first-order chi connectivity index (χ1) is 22.4. The van der Waals surface area contributed by atoms with Gasteiger partial charge in [0.05, 0.1) is 19.8 Å². The number of methoxy groups -OCH3 is 1. The van der Waals surface area contributed by atoms with E-state index in [1.54, 1.807) is 50.6 Å². The van der Waals surface area contributed by atoms with E-state index in [0.29, 0.717) is 47.8 Å². The molecule has 2 atom stereocenters. The SMILES string of the molecule is COc1ccc(COc2ccc(CNC3N=CNc4c3ncn4-c3oc(COC(O)n4ccnc4)c4c3OC(C)(C)O4)cc2)cc1. The molecule has 7 rings (SSSR count). The molecule has 238 valence electrons. The largest absolute Gasteiger partial charge is 0.497 e. The maximum atomic E-state index is 10.4. The Kier molecular flexibility index (Phi) is 7.82. The van der Waals surface area contributed by atoms with Gasteiger partial charge in [0.2, 0.25) is 23.7 Å². The van der Waals surface area contributed by atoms with E-state index < -0.39 is 18.4 Å². The van der Waals surface area contributed by atoms with Gasteiger partial charge in [0, 0.05) is 32.8 Å². The Morgan fingerprint density at radius 3 is 2.52 bits per heavy atom. The number of nitrogens with one attached hydrogen (secondary N) is 2. The summed E-state index contributed by atoms with van der Waals surface area (Å²) in [5.41, 5.74) is 2.80.